The number of hydrogen-bond donors (Lipinski definition) is 0. The highest BCUT2D eigenvalue weighted by molar-refractivity contribution is 6.33. The Labute approximate surface area is 458 Å². The van der Waals surface area contributed by atoms with E-state index in [0.717, 1.165) is 89.4 Å². The summed E-state index contributed by atoms with van der Waals surface area (Å²) >= 11 is 0. The summed E-state index contributed by atoms with van der Waals surface area (Å²) in [5.41, 5.74) is 19.6. The molecule has 79 heavy (non-hydrogen) atoms. The third-order valence-electron chi connectivity index (χ3n) is 15.7. The number of rotatable bonds is 9. The van der Waals surface area contributed by atoms with E-state index < -0.39 is 0 Å². The molecule has 2 aromatic heterocycles. The first kappa shape index (κ1) is 45.9. The van der Waals surface area contributed by atoms with Gasteiger partial charge in [-0.25, -0.2) is 9.97 Å². The van der Waals surface area contributed by atoms with Gasteiger partial charge < -0.3 is 4.57 Å². The standard InChI is InChI=1S/C76H49N3/c1-6-20-50(21-7-1)57-42-58(51-22-8-2-9-23-51)45-61(44-57)72-49-71(77-76(78-72)62-46-59(52-24-10-3-11-25-52)43-60(47-62)53-26-12-4-13-27-53)55-36-34-54(35-37-55)56-38-39-65-68-40-41-69-66-31-18-19-33-73(66)79(63-28-14-5-15-29-63)75(69)74(68)67-32-17-16-30-64(67)70(65)48-56/h1-49H. The van der Waals surface area contributed by atoms with Crippen LogP contribution in [0.25, 0.3) is 149 Å². The van der Waals surface area contributed by atoms with Crippen molar-refractivity contribution in [3.63, 3.8) is 0 Å². The third-order valence-corrected chi connectivity index (χ3v) is 15.7. The van der Waals surface area contributed by atoms with Gasteiger partial charge in [-0.05, 0) is 149 Å². The molecule has 0 radical (unpaired) electrons. The highest BCUT2D eigenvalue weighted by atomic mass is 15.0. The zero-order valence-corrected chi connectivity index (χ0v) is 43.1. The molecule has 0 N–H and O–H groups in total. The average molecular weight is 1000 g/mol. The molecule has 0 aliphatic heterocycles. The fourth-order valence-electron chi connectivity index (χ4n) is 11.9. The first-order valence-electron chi connectivity index (χ1n) is 27.0. The van der Waals surface area contributed by atoms with Crippen LogP contribution < -0.4 is 0 Å². The van der Waals surface area contributed by atoms with E-state index in [1.54, 1.807) is 0 Å². The summed E-state index contributed by atoms with van der Waals surface area (Å²) in [6.45, 7) is 0. The van der Waals surface area contributed by atoms with Crippen LogP contribution in [0.4, 0.5) is 0 Å². The number of aromatic nitrogens is 3. The summed E-state index contributed by atoms with van der Waals surface area (Å²) in [4.78, 5) is 11.0. The highest BCUT2D eigenvalue weighted by Crippen LogP contribution is 2.45. The van der Waals surface area contributed by atoms with E-state index in [1.165, 1.54) is 54.1 Å². The molecule has 0 unspecified atom stereocenters. The van der Waals surface area contributed by atoms with Crippen molar-refractivity contribution < 1.29 is 0 Å². The van der Waals surface area contributed by atoms with Gasteiger partial charge in [-0.1, -0.05) is 231 Å². The minimum atomic E-state index is 0.660. The van der Waals surface area contributed by atoms with Gasteiger partial charge in [-0.3, -0.25) is 0 Å². The molecule has 0 fully saturated rings. The molecule has 0 aliphatic rings. The van der Waals surface area contributed by atoms with Crippen LogP contribution >= 0.6 is 0 Å². The topological polar surface area (TPSA) is 30.7 Å². The van der Waals surface area contributed by atoms with E-state index in [2.05, 4.69) is 302 Å². The van der Waals surface area contributed by atoms with Gasteiger partial charge in [0.2, 0.25) is 0 Å². The number of benzene rings is 13. The Bertz CT molecular complexity index is 4500. The van der Waals surface area contributed by atoms with Crippen LogP contribution in [0.1, 0.15) is 0 Å². The normalized spacial score (nSPS) is 11.5. The van der Waals surface area contributed by atoms with E-state index in [1.807, 2.05) is 0 Å². The summed E-state index contributed by atoms with van der Waals surface area (Å²) in [7, 11) is 0. The molecule has 0 spiro atoms. The summed E-state index contributed by atoms with van der Waals surface area (Å²) < 4.78 is 2.46. The van der Waals surface area contributed by atoms with E-state index in [0.29, 0.717) is 5.82 Å². The molecule has 0 amide bonds. The number of nitrogens with zero attached hydrogens (tertiary/aromatic N) is 3. The Balaban J connectivity index is 0.891. The molecule has 3 heteroatoms. The van der Waals surface area contributed by atoms with E-state index in [9.17, 15) is 0 Å². The van der Waals surface area contributed by atoms with Gasteiger partial charge in [0.1, 0.15) is 0 Å². The summed E-state index contributed by atoms with van der Waals surface area (Å²) in [5.74, 6) is 0.660. The van der Waals surface area contributed by atoms with Crippen LogP contribution in [0.5, 0.6) is 0 Å². The second-order valence-electron chi connectivity index (χ2n) is 20.5. The monoisotopic (exact) mass is 1000 g/mol. The van der Waals surface area contributed by atoms with Crippen LogP contribution in [0, 0.1) is 0 Å². The zero-order chi connectivity index (χ0) is 52.2. The summed E-state index contributed by atoms with van der Waals surface area (Å²) in [5, 5.41) is 9.98. The van der Waals surface area contributed by atoms with Crippen molar-refractivity contribution in [2.24, 2.45) is 0 Å². The SMILES string of the molecule is c1ccc(-c2cc(-c3ccccc3)cc(-c3cc(-c4ccc(-c5ccc6c(c5)c5ccccc5c5c6ccc6c7ccccc7n(-c7ccccc7)c65)cc4)nc(-c4cc(-c5ccccc5)cc(-c5ccccc5)c4)n3)c2)cc1. The lowest BCUT2D eigenvalue weighted by molar-refractivity contribution is 1.18. The fraction of sp³-hybridized carbons (Fsp3) is 0. The molecular weight excluding hydrogens is 955 g/mol. The smallest absolute Gasteiger partial charge is 0.160 e. The van der Waals surface area contributed by atoms with Crippen molar-refractivity contribution in [2.45, 2.75) is 0 Å². The Morgan fingerprint density at radius 1 is 0.215 bits per heavy atom. The number of hydrogen-bond acceptors (Lipinski definition) is 2. The lowest BCUT2D eigenvalue weighted by atomic mass is 9.90. The van der Waals surface area contributed by atoms with Crippen molar-refractivity contribution in [3.8, 4) is 95.2 Å². The second-order valence-corrected chi connectivity index (χ2v) is 20.5. The van der Waals surface area contributed by atoms with Crippen molar-refractivity contribution in [1.29, 1.82) is 0 Å². The Kier molecular flexibility index (Phi) is 11.2. The minimum absolute atomic E-state index is 0.660. The fourth-order valence-corrected chi connectivity index (χ4v) is 11.9. The van der Waals surface area contributed by atoms with Crippen LogP contribution in [0.2, 0.25) is 0 Å². The van der Waals surface area contributed by atoms with Gasteiger partial charge >= 0.3 is 0 Å². The van der Waals surface area contributed by atoms with Crippen LogP contribution in [-0.2, 0) is 0 Å². The lowest BCUT2D eigenvalue weighted by Gasteiger charge is -2.16. The van der Waals surface area contributed by atoms with Gasteiger partial charge in [0.25, 0.3) is 0 Å². The Morgan fingerprint density at radius 3 is 1.16 bits per heavy atom. The number of fused-ring (bicyclic) bond motifs is 10. The maximum Gasteiger partial charge on any atom is 0.160 e. The predicted octanol–water partition coefficient (Wildman–Crippen LogP) is 20.4. The maximum absolute atomic E-state index is 5.51. The van der Waals surface area contributed by atoms with Gasteiger partial charge in [-0.2, -0.15) is 0 Å². The van der Waals surface area contributed by atoms with Crippen LogP contribution in [0.3, 0.4) is 0 Å². The quantitative estimate of drug-likeness (QED) is 0.135. The van der Waals surface area contributed by atoms with Gasteiger partial charge in [0, 0.05) is 38.5 Å². The third kappa shape index (κ3) is 8.24. The average Bonchev–Trinajstić information content (AvgIpc) is 3.99. The first-order chi connectivity index (χ1) is 39.1. The molecule has 0 aliphatic carbocycles. The highest BCUT2D eigenvalue weighted by Gasteiger charge is 2.20. The maximum atomic E-state index is 5.51. The molecule has 0 atom stereocenters. The van der Waals surface area contributed by atoms with Gasteiger partial charge in [0.15, 0.2) is 5.82 Å². The largest absolute Gasteiger partial charge is 0.309 e. The minimum Gasteiger partial charge on any atom is -0.309 e. The lowest BCUT2D eigenvalue weighted by Crippen LogP contribution is -1.97. The van der Waals surface area contributed by atoms with Crippen molar-refractivity contribution in [3.05, 3.63) is 297 Å². The van der Waals surface area contributed by atoms with Crippen LogP contribution in [0.15, 0.2) is 297 Å². The molecular formula is C76H49N3. The zero-order valence-electron chi connectivity index (χ0n) is 43.1. The molecule has 3 nitrogen and oxygen atoms in total. The number of para-hydroxylation sites is 2. The summed E-state index contributed by atoms with van der Waals surface area (Å²) in [6.07, 6.45) is 0. The van der Waals surface area contributed by atoms with E-state index in [4.69, 9.17) is 9.97 Å². The molecule has 13 aromatic carbocycles. The molecule has 0 saturated carbocycles. The second kappa shape index (κ2) is 19.3. The Hall–Kier alpha value is -10.5. The van der Waals surface area contributed by atoms with Crippen molar-refractivity contribution in [1.82, 2.24) is 14.5 Å². The van der Waals surface area contributed by atoms with E-state index in [-0.39, 0.29) is 0 Å². The first-order valence-corrected chi connectivity index (χ1v) is 27.0. The van der Waals surface area contributed by atoms with Crippen molar-refractivity contribution >= 4 is 54.1 Å². The van der Waals surface area contributed by atoms with Crippen LogP contribution in [-0.4, -0.2) is 14.5 Å². The molecule has 368 valence electrons. The van der Waals surface area contributed by atoms with E-state index >= 15 is 0 Å². The Morgan fingerprint density at radius 2 is 0.595 bits per heavy atom. The molecule has 2 heterocycles. The molecule has 0 bridgehead atoms. The molecule has 15 aromatic rings. The van der Waals surface area contributed by atoms with Gasteiger partial charge in [0.05, 0.1) is 22.4 Å². The molecule has 0 saturated heterocycles. The predicted molar refractivity (Wildman–Crippen MR) is 332 cm³/mol. The molecule has 15 rings (SSSR count). The summed E-state index contributed by atoms with van der Waals surface area (Å²) in [6, 6.07) is 107. The van der Waals surface area contributed by atoms with Crippen molar-refractivity contribution in [2.75, 3.05) is 0 Å². The van der Waals surface area contributed by atoms with Gasteiger partial charge in [-0.15, -0.1) is 0 Å².